The maximum atomic E-state index is 12.9. The van der Waals surface area contributed by atoms with E-state index in [0.717, 1.165) is 12.2 Å². The Morgan fingerprint density at radius 1 is 1.18 bits per heavy atom. The predicted octanol–water partition coefficient (Wildman–Crippen LogP) is 1.55. The van der Waals surface area contributed by atoms with Crippen LogP contribution in [0.5, 0.6) is 5.75 Å². The van der Waals surface area contributed by atoms with Gasteiger partial charge in [-0.1, -0.05) is 6.92 Å². The lowest BCUT2D eigenvalue weighted by molar-refractivity contribution is -0.135. The Labute approximate surface area is 165 Å². The van der Waals surface area contributed by atoms with Crippen LogP contribution in [0.25, 0.3) is 0 Å². The lowest BCUT2D eigenvalue weighted by atomic mass is 10.2. The van der Waals surface area contributed by atoms with Crippen LogP contribution in [0, 0.1) is 0 Å². The first-order valence-corrected chi connectivity index (χ1v) is 10.8. The van der Waals surface area contributed by atoms with Crippen molar-refractivity contribution in [2.75, 3.05) is 33.3 Å². The Morgan fingerprint density at radius 3 is 2.39 bits per heavy atom. The second kappa shape index (κ2) is 8.32. The van der Waals surface area contributed by atoms with Gasteiger partial charge in [0.15, 0.2) is 0 Å². The minimum absolute atomic E-state index is 0.0193. The van der Waals surface area contributed by atoms with Gasteiger partial charge in [0.1, 0.15) is 17.6 Å². The quantitative estimate of drug-likeness (QED) is 0.727. The van der Waals surface area contributed by atoms with E-state index in [4.69, 9.17) is 4.74 Å². The second-order valence-electron chi connectivity index (χ2n) is 6.69. The van der Waals surface area contributed by atoms with Crippen molar-refractivity contribution in [2.24, 2.45) is 0 Å². The molecule has 1 aromatic heterocycles. The lowest BCUT2D eigenvalue weighted by Gasteiger charge is -2.35. The second-order valence-corrected chi connectivity index (χ2v) is 8.62. The van der Waals surface area contributed by atoms with Crippen molar-refractivity contribution in [3.63, 3.8) is 0 Å². The summed E-state index contributed by atoms with van der Waals surface area (Å²) in [5, 5.41) is 0. The van der Waals surface area contributed by atoms with E-state index in [9.17, 15) is 13.2 Å². The number of amides is 1. The molecule has 1 atom stereocenters. The number of aromatic nitrogens is 2. The smallest absolute Gasteiger partial charge is 0.245 e. The number of aryl methyl sites for hydroxylation is 1. The molecule has 9 heteroatoms. The van der Waals surface area contributed by atoms with Crippen LogP contribution < -0.4 is 4.74 Å². The minimum atomic E-state index is -3.59. The number of benzene rings is 1. The molecule has 152 valence electrons. The summed E-state index contributed by atoms with van der Waals surface area (Å²) in [6.45, 7) is 5.14. The first kappa shape index (κ1) is 20.3. The molecule has 0 radical (unpaired) electrons. The van der Waals surface area contributed by atoms with Crippen LogP contribution in [0.15, 0.2) is 41.6 Å². The van der Waals surface area contributed by atoms with E-state index in [1.807, 2.05) is 24.6 Å². The molecule has 1 unspecified atom stereocenters. The fraction of sp³-hybridized carbons (Fsp3) is 0.474. The molecule has 1 aromatic carbocycles. The Morgan fingerprint density at radius 2 is 1.82 bits per heavy atom. The number of rotatable bonds is 6. The number of sulfonamides is 1. The molecular formula is C19H26N4O4S. The van der Waals surface area contributed by atoms with E-state index >= 15 is 0 Å². The fourth-order valence-corrected chi connectivity index (χ4v) is 4.82. The first-order chi connectivity index (χ1) is 13.4. The lowest BCUT2D eigenvalue weighted by Crippen LogP contribution is -2.51. The van der Waals surface area contributed by atoms with Gasteiger partial charge in [0.2, 0.25) is 15.9 Å². The maximum absolute atomic E-state index is 12.9. The van der Waals surface area contributed by atoms with Gasteiger partial charge in [-0.3, -0.25) is 4.79 Å². The van der Waals surface area contributed by atoms with Gasteiger partial charge in [0, 0.05) is 45.0 Å². The van der Waals surface area contributed by atoms with Gasteiger partial charge in [0.05, 0.1) is 12.0 Å². The monoisotopic (exact) mass is 406 g/mol. The Balaban J connectivity index is 1.65. The molecule has 1 aliphatic heterocycles. The molecular weight excluding hydrogens is 380 g/mol. The zero-order valence-electron chi connectivity index (χ0n) is 16.4. The number of carbonyl (C=O) groups is 1. The molecule has 1 aliphatic rings. The average Bonchev–Trinajstić information content (AvgIpc) is 3.21. The highest BCUT2D eigenvalue weighted by Crippen LogP contribution is 2.22. The van der Waals surface area contributed by atoms with E-state index in [1.54, 1.807) is 35.4 Å². The molecule has 0 spiro atoms. The van der Waals surface area contributed by atoms with E-state index < -0.39 is 10.0 Å². The largest absolute Gasteiger partial charge is 0.497 e. The fourth-order valence-electron chi connectivity index (χ4n) is 3.40. The summed E-state index contributed by atoms with van der Waals surface area (Å²) in [6.07, 6.45) is 4.26. The molecule has 0 saturated carbocycles. The molecule has 0 N–H and O–H groups in total. The minimum Gasteiger partial charge on any atom is -0.497 e. The summed E-state index contributed by atoms with van der Waals surface area (Å²) in [4.78, 5) is 19.1. The number of imidazole rings is 1. The van der Waals surface area contributed by atoms with Crippen LogP contribution >= 0.6 is 0 Å². The van der Waals surface area contributed by atoms with Gasteiger partial charge >= 0.3 is 0 Å². The van der Waals surface area contributed by atoms with Gasteiger partial charge in [0.25, 0.3) is 0 Å². The number of nitrogens with zero attached hydrogens (tertiary/aromatic N) is 4. The third-order valence-corrected chi connectivity index (χ3v) is 7.00. The van der Waals surface area contributed by atoms with E-state index in [-0.39, 0.29) is 29.9 Å². The zero-order valence-corrected chi connectivity index (χ0v) is 17.2. The first-order valence-electron chi connectivity index (χ1n) is 9.33. The molecule has 3 rings (SSSR count). The van der Waals surface area contributed by atoms with Crippen molar-refractivity contribution in [1.82, 2.24) is 18.8 Å². The third kappa shape index (κ3) is 3.90. The van der Waals surface area contributed by atoms with Crippen molar-refractivity contribution < 1.29 is 17.9 Å². The van der Waals surface area contributed by atoms with Crippen LogP contribution in [0.1, 0.15) is 25.7 Å². The highest BCUT2D eigenvalue weighted by Gasteiger charge is 2.32. The summed E-state index contributed by atoms with van der Waals surface area (Å²) >= 11 is 0. The molecule has 1 fully saturated rings. The number of hydrogen-bond donors (Lipinski definition) is 0. The van der Waals surface area contributed by atoms with Gasteiger partial charge in [-0.15, -0.1) is 0 Å². The SMILES string of the molecule is CCc1nccn1C(C)C(=O)N1CCN(S(=O)(=O)c2ccc(OC)cc2)CC1. The van der Waals surface area contributed by atoms with E-state index in [2.05, 4.69) is 4.98 Å². The molecule has 1 amide bonds. The number of piperazine rings is 1. The molecule has 2 heterocycles. The highest BCUT2D eigenvalue weighted by molar-refractivity contribution is 7.89. The highest BCUT2D eigenvalue weighted by atomic mass is 32.2. The molecule has 0 bridgehead atoms. The summed E-state index contributed by atoms with van der Waals surface area (Å²) < 4.78 is 34.1. The van der Waals surface area contributed by atoms with Crippen molar-refractivity contribution in [3.8, 4) is 5.75 Å². The summed E-state index contributed by atoms with van der Waals surface area (Å²) in [5.41, 5.74) is 0. The van der Waals surface area contributed by atoms with Crippen molar-refractivity contribution >= 4 is 15.9 Å². The summed E-state index contributed by atoms with van der Waals surface area (Å²) in [5.74, 6) is 1.45. The van der Waals surface area contributed by atoms with Gasteiger partial charge in [-0.05, 0) is 31.2 Å². The number of methoxy groups -OCH3 is 1. The van der Waals surface area contributed by atoms with Crippen LogP contribution in [-0.2, 0) is 21.2 Å². The normalized spacial score (nSPS) is 16.8. The standard InChI is InChI=1S/C19H26N4O4S/c1-4-18-20-9-10-23(18)15(2)19(24)21-11-13-22(14-12-21)28(25,26)17-7-5-16(27-3)6-8-17/h5-10,15H,4,11-14H2,1-3H3. The summed E-state index contributed by atoms with van der Waals surface area (Å²) in [7, 11) is -2.05. The van der Waals surface area contributed by atoms with E-state index in [0.29, 0.717) is 18.8 Å². The molecule has 0 aliphatic carbocycles. The van der Waals surface area contributed by atoms with Gasteiger partial charge in [-0.25, -0.2) is 13.4 Å². The molecule has 2 aromatic rings. The molecule has 8 nitrogen and oxygen atoms in total. The van der Waals surface area contributed by atoms with Crippen LogP contribution in [0.3, 0.4) is 0 Å². The predicted molar refractivity (Wildman–Crippen MR) is 105 cm³/mol. The van der Waals surface area contributed by atoms with Crippen molar-refractivity contribution in [2.45, 2.75) is 31.2 Å². The Bertz CT molecular complexity index is 916. The number of carbonyl (C=O) groups excluding carboxylic acids is 1. The molecule has 1 saturated heterocycles. The zero-order chi connectivity index (χ0) is 20.3. The van der Waals surface area contributed by atoms with Gasteiger partial charge in [-0.2, -0.15) is 4.31 Å². The topological polar surface area (TPSA) is 84.7 Å². The van der Waals surface area contributed by atoms with E-state index in [1.165, 1.54) is 11.4 Å². The van der Waals surface area contributed by atoms with Crippen LogP contribution in [0.2, 0.25) is 0 Å². The van der Waals surface area contributed by atoms with Gasteiger partial charge < -0.3 is 14.2 Å². The Kier molecular flexibility index (Phi) is 6.04. The number of hydrogen-bond acceptors (Lipinski definition) is 5. The summed E-state index contributed by atoms with van der Waals surface area (Å²) in [6, 6.07) is 5.98. The van der Waals surface area contributed by atoms with Crippen molar-refractivity contribution in [1.29, 1.82) is 0 Å². The average molecular weight is 407 g/mol. The number of ether oxygens (including phenoxy) is 1. The van der Waals surface area contributed by atoms with Crippen LogP contribution in [-0.4, -0.2) is 66.4 Å². The maximum Gasteiger partial charge on any atom is 0.245 e. The van der Waals surface area contributed by atoms with Crippen molar-refractivity contribution in [3.05, 3.63) is 42.5 Å². The van der Waals surface area contributed by atoms with Crippen LogP contribution in [0.4, 0.5) is 0 Å². The molecule has 28 heavy (non-hydrogen) atoms. The Hall–Kier alpha value is -2.39. The third-order valence-electron chi connectivity index (χ3n) is 5.09.